The number of aromatic amines is 2. The number of allylic oxidation sites excluding steroid dienone is 4. The highest BCUT2D eigenvalue weighted by Crippen LogP contribution is 2.40. The van der Waals surface area contributed by atoms with E-state index in [9.17, 15) is 19.2 Å². The first-order valence-corrected chi connectivity index (χ1v) is 21.5. The summed E-state index contributed by atoms with van der Waals surface area (Å²) in [4.78, 5) is 72.5. The molecule has 3 aliphatic rings. The number of H-pyrrole nitrogens is 2. The Morgan fingerprint density at radius 2 is 1.48 bits per heavy atom. The highest BCUT2D eigenvalue weighted by molar-refractivity contribution is 5.88. The van der Waals surface area contributed by atoms with Crippen LogP contribution in [0.5, 0.6) is 0 Å². The van der Waals surface area contributed by atoms with Crippen molar-refractivity contribution in [3.8, 4) is 11.3 Å². The van der Waals surface area contributed by atoms with Gasteiger partial charge in [0, 0.05) is 44.1 Å². The lowest BCUT2D eigenvalue weighted by molar-refractivity contribution is -0.138. The molecule has 4 N–H and O–H groups in total. The van der Waals surface area contributed by atoms with Gasteiger partial charge in [-0.15, -0.1) is 0 Å². The Kier molecular flexibility index (Phi) is 14.8. The molecule has 3 aromatic rings. The fraction of sp³-hybridized carbons (Fsp3) is 0.522. The average molecular weight is 871 g/mol. The number of nitrogens with one attached hydrogen (secondary N) is 4. The van der Waals surface area contributed by atoms with Crippen LogP contribution in [-0.4, -0.2) is 120 Å². The van der Waals surface area contributed by atoms with Crippen LogP contribution in [0.15, 0.2) is 48.9 Å². The van der Waals surface area contributed by atoms with Gasteiger partial charge in [0.25, 0.3) is 0 Å². The molecule has 2 fully saturated rings. The van der Waals surface area contributed by atoms with E-state index in [4.69, 9.17) is 33.7 Å². The van der Waals surface area contributed by atoms with Crippen molar-refractivity contribution in [3.63, 3.8) is 0 Å². The third kappa shape index (κ3) is 9.99. The summed E-state index contributed by atoms with van der Waals surface area (Å²) in [6, 6.07) is 3.57. The van der Waals surface area contributed by atoms with Crippen LogP contribution in [0, 0.1) is 18.8 Å². The van der Waals surface area contributed by atoms with E-state index >= 15 is 0 Å². The largest absolute Gasteiger partial charge is 0.488 e. The maximum Gasteiger partial charge on any atom is 0.407 e. The van der Waals surface area contributed by atoms with Crippen LogP contribution >= 0.6 is 0 Å². The van der Waals surface area contributed by atoms with Crippen molar-refractivity contribution in [2.24, 2.45) is 11.8 Å². The zero-order valence-electron chi connectivity index (χ0n) is 38.0. The fourth-order valence-electron chi connectivity index (χ4n) is 8.70. The standard InChI is InChI=1S/C46H62N8O9/c1-12-13-31(38-27(5)48-42(50-38)36-17-25(3)22-54(36)44(56)40(29(7)60-9)52-46(58)62-11)19-37-26(4)33-15-14-30(18-32(33)23-63-37)34-20-47-41(49-34)35-16-24(2)21-53(35)43(55)39(28(6)59-8)51-45(57)61-10/h13-15,18-20,24-25,28-29,35-36,39-40H,4,12,16-17,21-23H2,1-3,5-11H3,(H,47,49)(H,48,50)(H,51,57)(H,52,58)/b31-13-,37-19+/t24-,25-,28+,29+,35-,36-,39-,40-/m0/s1. The van der Waals surface area contributed by atoms with Crippen LogP contribution < -0.4 is 10.6 Å². The van der Waals surface area contributed by atoms with Crippen LogP contribution in [0.25, 0.3) is 22.4 Å². The maximum atomic E-state index is 14.0. The quantitative estimate of drug-likeness (QED) is 0.140. The number of alkyl carbamates (subject to hydrolysis) is 2. The first-order chi connectivity index (χ1) is 30.1. The molecule has 340 valence electrons. The second-order valence-corrected chi connectivity index (χ2v) is 16.8. The van der Waals surface area contributed by atoms with Crippen LogP contribution in [0.3, 0.4) is 0 Å². The summed E-state index contributed by atoms with van der Waals surface area (Å²) < 4.78 is 26.9. The molecule has 4 amide bonds. The van der Waals surface area contributed by atoms with Gasteiger partial charge in [-0.1, -0.05) is 45.6 Å². The van der Waals surface area contributed by atoms with Gasteiger partial charge >= 0.3 is 12.2 Å². The van der Waals surface area contributed by atoms with Gasteiger partial charge in [-0.05, 0) is 80.7 Å². The van der Waals surface area contributed by atoms with Crippen LogP contribution in [0.2, 0.25) is 0 Å². The van der Waals surface area contributed by atoms with Crippen LogP contribution in [0.1, 0.15) is 100 Å². The molecule has 5 heterocycles. The molecular formula is C46H62N8O9. The van der Waals surface area contributed by atoms with Gasteiger partial charge in [0.1, 0.15) is 36.1 Å². The molecule has 0 bridgehead atoms. The first kappa shape index (κ1) is 46.6. The van der Waals surface area contributed by atoms with E-state index in [1.54, 1.807) is 29.8 Å². The van der Waals surface area contributed by atoms with Gasteiger partial charge in [-0.25, -0.2) is 19.6 Å². The number of imidazole rings is 2. The van der Waals surface area contributed by atoms with Crippen molar-refractivity contribution < 1.29 is 42.9 Å². The predicted octanol–water partition coefficient (Wildman–Crippen LogP) is 6.37. The Hall–Kier alpha value is -5.94. The lowest BCUT2D eigenvalue weighted by atomic mass is 9.93. The van der Waals surface area contributed by atoms with Gasteiger partial charge in [0.2, 0.25) is 11.8 Å². The minimum absolute atomic E-state index is 0.200. The van der Waals surface area contributed by atoms with Crippen molar-refractivity contribution in [2.75, 3.05) is 41.5 Å². The Labute approximate surface area is 369 Å². The minimum Gasteiger partial charge on any atom is -0.488 e. The van der Waals surface area contributed by atoms with Gasteiger partial charge < -0.3 is 54.1 Å². The van der Waals surface area contributed by atoms with Crippen LogP contribution in [-0.2, 0) is 39.9 Å². The number of fused-ring (bicyclic) bond motifs is 1. The van der Waals surface area contributed by atoms with E-state index in [1.165, 1.54) is 28.4 Å². The molecule has 0 aliphatic carbocycles. The molecule has 63 heavy (non-hydrogen) atoms. The van der Waals surface area contributed by atoms with Gasteiger partial charge in [0.05, 0.1) is 56.1 Å². The molecule has 1 aromatic carbocycles. The number of rotatable bonds is 14. The van der Waals surface area contributed by atoms with E-state index in [-0.39, 0.29) is 35.7 Å². The van der Waals surface area contributed by atoms with Crippen molar-refractivity contribution in [1.82, 2.24) is 40.4 Å². The molecule has 17 nitrogen and oxygen atoms in total. The molecule has 6 rings (SSSR count). The molecule has 2 saturated heterocycles. The highest BCUT2D eigenvalue weighted by Gasteiger charge is 2.43. The number of methoxy groups -OCH3 is 4. The molecular weight excluding hydrogens is 809 g/mol. The van der Waals surface area contributed by atoms with Gasteiger partial charge in [0.15, 0.2) is 0 Å². The maximum absolute atomic E-state index is 14.0. The SMILES string of the molecule is C=C1/C(=C\C(=C\CC)c2nc([C@@H]3C[C@H](C)CN3C(=O)[C@@H](NC(=O)OC)[C@@H](C)OC)[nH]c2C)OCc2cc(-c3cnc([C@@H]4C[C@H](C)CN4C(=O)[C@@H](NC(=O)OC)[C@@H](C)OC)[nH]3)ccc21. The van der Waals surface area contributed by atoms with E-state index in [0.29, 0.717) is 49.9 Å². The number of carbonyl (C=O) groups excluding carboxylic acids is 4. The summed E-state index contributed by atoms with van der Waals surface area (Å²) in [6.45, 7) is 17.4. The monoisotopic (exact) mass is 870 g/mol. The fourth-order valence-corrected chi connectivity index (χ4v) is 8.70. The number of benzene rings is 1. The lowest BCUT2D eigenvalue weighted by Crippen LogP contribution is -2.54. The van der Waals surface area contributed by atoms with Gasteiger partial charge in [-0.3, -0.25) is 9.59 Å². The number of likely N-dealkylation sites (tertiary alicyclic amines) is 2. The third-order valence-corrected chi connectivity index (χ3v) is 12.3. The van der Waals surface area contributed by atoms with Crippen LogP contribution in [0.4, 0.5) is 9.59 Å². The molecule has 0 radical (unpaired) electrons. The Morgan fingerprint density at radius 3 is 2.02 bits per heavy atom. The number of carbonyl (C=O) groups is 4. The molecule has 0 spiro atoms. The predicted molar refractivity (Wildman–Crippen MR) is 236 cm³/mol. The molecule has 8 atom stereocenters. The number of amides is 4. The zero-order chi connectivity index (χ0) is 45.7. The van der Waals surface area contributed by atoms with E-state index in [0.717, 1.165) is 51.3 Å². The Balaban J connectivity index is 1.20. The minimum atomic E-state index is -0.941. The van der Waals surface area contributed by atoms with E-state index < -0.39 is 36.5 Å². The van der Waals surface area contributed by atoms with Crippen molar-refractivity contribution in [3.05, 3.63) is 83.0 Å². The summed E-state index contributed by atoms with van der Waals surface area (Å²) in [5.74, 6) is 1.81. The molecule has 0 unspecified atom stereocenters. The number of hydrogen-bond acceptors (Lipinski definition) is 11. The summed E-state index contributed by atoms with van der Waals surface area (Å²) >= 11 is 0. The number of ether oxygens (including phenoxy) is 5. The average Bonchev–Trinajstić information content (AvgIpc) is 4.10. The second kappa shape index (κ2) is 20.1. The molecule has 2 aromatic heterocycles. The number of nitrogens with zero attached hydrogens (tertiary/aromatic N) is 4. The summed E-state index contributed by atoms with van der Waals surface area (Å²) in [5.41, 5.74) is 6.80. The third-order valence-electron chi connectivity index (χ3n) is 12.3. The smallest absolute Gasteiger partial charge is 0.407 e. The zero-order valence-corrected chi connectivity index (χ0v) is 38.0. The van der Waals surface area contributed by atoms with Crippen molar-refractivity contribution in [2.45, 2.75) is 104 Å². The Morgan fingerprint density at radius 1 is 0.905 bits per heavy atom. The molecule has 17 heteroatoms. The van der Waals surface area contributed by atoms with E-state index in [1.807, 2.05) is 25.1 Å². The molecule has 3 aliphatic heterocycles. The first-order valence-electron chi connectivity index (χ1n) is 21.5. The molecule has 0 saturated carbocycles. The lowest BCUT2D eigenvalue weighted by Gasteiger charge is -2.30. The summed E-state index contributed by atoms with van der Waals surface area (Å²) in [5, 5.41) is 5.29. The summed E-state index contributed by atoms with van der Waals surface area (Å²) in [7, 11) is 5.50. The van der Waals surface area contributed by atoms with Crippen molar-refractivity contribution >= 4 is 35.1 Å². The second-order valence-electron chi connectivity index (χ2n) is 16.8. The Bertz CT molecular complexity index is 2250. The van der Waals surface area contributed by atoms with E-state index in [2.05, 4.69) is 60.1 Å². The summed E-state index contributed by atoms with van der Waals surface area (Å²) in [6.07, 6.45) is 5.38. The number of aromatic nitrogens is 4. The van der Waals surface area contributed by atoms with Gasteiger partial charge in [-0.2, -0.15) is 0 Å². The topological polar surface area (TPSA) is 202 Å². The highest BCUT2D eigenvalue weighted by atomic mass is 16.5. The number of aryl methyl sites for hydroxylation is 1. The number of hydrogen-bond donors (Lipinski definition) is 4. The normalized spacial score (nSPS) is 22.5. The van der Waals surface area contributed by atoms with Crippen molar-refractivity contribution in [1.29, 1.82) is 0 Å².